The number of alkyl halides is 4. The smallest absolute Gasteiger partial charge is 0.177 e. The molecule has 0 bridgehead atoms. The number of carbonyl (C=O) groups is 1. The molecule has 0 aromatic rings. The lowest BCUT2D eigenvalue weighted by molar-refractivity contribution is -0.122. The van der Waals surface area contributed by atoms with Gasteiger partial charge in [-0.15, -0.1) is 0 Å². The number of rotatable bonds is 2. The second-order valence-corrected chi connectivity index (χ2v) is 10.6. The Labute approximate surface area is 125 Å². The molecule has 5 heteroatoms. The van der Waals surface area contributed by atoms with E-state index in [9.17, 15) is 4.79 Å². The van der Waals surface area contributed by atoms with E-state index >= 15 is 0 Å². The van der Waals surface area contributed by atoms with Gasteiger partial charge in [-0.05, 0) is 25.2 Å². The van der Waals surface area contributed by atoms with Crippen LogP contribution in [0.3, 0.4) is 0 Å². The van der Waals surface area contributed by atoms with Gasteiger partial charge in [0.15, 0.2) is 5.78 Å². The molecular weight excluding hydrogens is 456 g/mol. The molecule has 1 nitrogen and oxygen atoms in total. The van der Waals surface area contributed by atoms with Gasteiger partial charge in [0.2, 0.25) is 0 Å². The van der Waals surface area contributed by atoms with Crippen LogP contribution in [0.4, 0.5) is 0 Å². The summed E-state index contributed by atoms with van der Waals surface area (Å²) in [5.74, 6) is 0.610. The third kappa shape index (κ3) is 2.89. The van der Waals surface area contributed by atoms with Crippen LogP contribution in [0.25, 0.3) is 0 Å². The van der Waals surface area contributed by atoms with Gasteiger partial charge < -0.3 is 0 Å². The molecule has 0 N–H and O–H groups in total. The third-order valence-electron chi connectivity index (χ3n) is 2.76. The largest absolute Gasteiger partial charge is 0.296 e. The van der Waals surface area contributed by atoms with E-state index in [1.807, 2.05) is 0 Å². The quantitative estimate of drug-likeness (QED) is 0.532. The van der Waals surface area contributed by atoms with Crippen molar-refractivity contribution in [1.29, 1.82) is 0 Å². The van der Waals surface area contributed by atoms with Crippen molar-refractivity contribution in [3.05, 3.63) is 0 Å². The van der Waals surface area contributed by atoms with Crippen molar-refractivity contribution < 1.29 is 4.79 Å². The van der Waals surface area contributed by atoms with Crippen molar-refractivity contribution in [2.45, 2.75) is 45.5 Å². The highest BCUT2D eigenvalue weighted by Gasteiger charge is 2.53. The van der Waals surface area contributed by atoms with Crippen molar-refractivity contribution >= 4 is 69.5 Å². The zero-order chi connectivity index (χ0) is 11.9. The van der Waals surface area contributed by atoms with Crippen LogP contribution in [-0.4, -0.2) is 18.2 Å². The van der Waals surface area contributed by atoms with E-state index in [-0.39, 0.29) is 10.6 Å². The molecule has 1 fully saturated rings. The summed E-state index contributed by atoms with van der Waals surface area (Å²) in [6, 6.07) is 0. The normalized spacial score (nSPS) is 33.1. The Balaban J connectivity index is 2.97. The average Bonchev–Trinajstić information content (AvgIpc) is 2.12. The molecule has 1 aliphatic rings. The molecule has 0 aromatic carbocycles. The molecule has 2 unspecified atom stereocenters. The van der Waals surface area contributed by atoms with E-state index in [1.165, 1.54) is 0 Å². The molecule has 88 valence electrons. The van der Waals surface area contributed by atoms with Gasteiger partial charge >= 0.3 is 0 Å². The highest BCUT2D eigenvalue weighted by molar-refractivity contribution is 9.26. The summed E-state index contributed by atoms with van der Waals surface area (Å²) < 4.78 is -1.00. The summed E-state index contributed by atoms with van der Waals surface area (Å²) in [5.41, 5.74) is 0. The third-order valence-corrected chi connectivity index (χ3v) is 7.98. The zero-order valence-electron chi connectivity index (χ0n) is 8.70. The van der Waals surface area contributed by atoms with E-state index in [0.29, 0.717) is 5.92 Å². The lowest BCUT2D eigenvalue weighted by Crippen LogP contribution is -2.52. The molecule has 15 heavy (non-hydrogen) atoms. The van der Waals surface area contributed by atoms with E-state index in [1.54, 1.807) is 0 Å². The first-order chi connectivity index (χ1) is 6.72. The van der Waals surface area contributed by atoms with Crippen LogP contribution in [0, 0.1) is 5.92 Å². The Morgan fingerprint density at radius 1 is 1.20 bits per heavy atom. The summed E-state index contributed by atoms with van der Waals surface area (Å²) in [5, 5.41) is 0. The predicted octanol–water partition coefficient (Wildman–Crippen LogP) is 4.78. The van der Waals surface area contributed by atoms with Gasteiger partial charge in [-0.1, -0.05) is 77.6 Å². The average molecular weight is 470 g/mol. The molecule has 0 radical (unpaired) electrons. The molecule has 0 aromatic heterocycles. The van der Waals surface area contributed by atoms with Crippen LogP contribution in [0.1, 0.15) is 33.1 Å². The van der Waals surface area contributed by atoms with Crippen LogP contribution in [-0.2, 0) is 4.79 Å². The van der Waals surface area contributed by atoms with Crippen molar-refractivity contribution in [3.8, 4) is 0 Å². The first kappa shape index (κ1) is 14.7. The van der Waals surface area contributed by atoms with Gasteiger partial charge in [0.25, 0.3) is 0 Å². The Morgan fingerprint density at radius 2 is 1.73 bits per heavy atom. The maximum Gasteiger partial charge on any atom is 0.177 e. The van der Waals surface area contributed by atoms with Gasteiger partial charge in [-0.25, -0.2) is 0 Å². The van der Waals surface area contributed by atoms with Crippen molar-refractivity contribution in [2.24, 2.45) is 5.92 Å². The number of ketones is 1. The zero-order valence-corrected chi connectivity index (χ0v) is 15.0. The topological polar surface area (TPSA) is 17.1 Å². The first-order valence-corrected chi connectivity index (χ1v) is 8.27. The minimum atomic E-state index is -0.553. The van der Waals surface area contributed by atoms with Gasteiger partial charge in [0.1, 0.15) is 3.23 Å². The Morgan fingerprint density at radius 3 is 2.20 bits per heavy atom. The van der Waals surface area contributed by atoms with E-state index in [4.69, 9.17) is 0 Å². The summed E-state index contributed by atoms with van der Waals surface area (Å²) in [7, 11) is 0. The SMILES string of the molecule is CC(C)C(Br)C1(Br)CCCC(Br)(Br)C1=O. The van der Waals surface area contributed by atoms with E-state index in [0.717, 1.165) is 19.3 Å². The molecule has 1 rings (SSSR count). The highest BCUT2D eigenvalue weighted by atomic mass is 79.9. The molecule has 0 spiro atoms. The van der Waals surface area contributed by atoms with Crippen molar-refractivity contribution in [1.82, 2.24) is 0 Å². The lowest BCUT2D eigenvalue weighted by Gasteiger charge is -2.41. The van der Waals surface area contributed by atoms with Crippen LogP contribution >= 0.6 is 63.7 Å². The lowest BCUT2D eigenvalue weighted by atomic mass is 9.82. The summed E-state index contributed by atoms with van der Waals surface area (Å²) in [6.45, 7) is 4.24. The minimum absolute atomic E-state index is 0.160. The van der Waals surface area contributed by atoms with Crippen LogP contribution in [0.2, 0.25) is 0 Å². The molecule has 0 amide bonds. The summed E-state index contributed by atoms with van der Waals surface area (Å²) in [4.78, 5) is 12.5. The second-order valence-electron chi connectivity index (χ2n) is 4.40. The molecule has 2 atom stereocenters. The number of halogens is 4. The fourth-order valence-electron chi connectivity index (χ4n) is 1.89. The molecular formula is C10H14Br4O. The molecule has 0 aliphatic heterocycles. The molecule has 0 saturated heterocycles. The van der Waals surface area contributed by atoms with Crippen LogP contribution in [0.15, 0.2) is 0 Å². The van der Waals surface area contributed by atoms with E-state index < -0.39 is 7.56 Å². The Bertz CT molecular complexity index is 264. The number of hydrogen-bond acceptors (Lipinski definition) is 1. The number of hydrogen-bond donors (Lipinski definition) is 0. The number of carbonyl (C=O) groups excluding carboxylic acids is 1. The molecule has 1 aliphatic carbocycles. The van der Waals surface area contributed by atoms with Gasteiger partial charge in [0, 0.05) is 4.83 Å². The first-order valence-electron chi connectivity index (χ1n) is 4.97. The van der Waals surface area contributed by atoms with Gasteiger partial charge in [-0.3, -0.25) is 4.79 Å². The Kier molecular flexibility index (Phi) is 4.95. The standard InChI is InChI=1S/C10H14Br4O/c1-6(2)7(11)9(12)4-3-5-10(13,14)8(9)15/h6-7H,3-5H2,1-2H3. The second kappa shape index (κ2) is 5.07. The fourth-order valence-corrected chi connectivity index (χ4v) is 5.27. The van der Waals surface area contributed by atoms with Crippen LogP contribution in [0.5, 0.6) is 0 Å². The molecule has 0 heterocycles. The number of Topliss-reactive ketones (excluding diaryl/α,β-unsaturated/α-hetero) is 1. The van der Waals surface area contributed by atoms with Crippen LogP contribution < -0.4 is 0 Å². The minimum Gasteiger partial charge on any atom is -0.296 e. The van der Waals surface area contributed by atoms with Gasteiger partial charge in [-0.2, -0.15) is 0 Å². The van der Waals surface area contributed by atoms with E-state index in [2.05, 4.69) is 77.6 Å². The fraction of sp³-hybridized carbons (Fsp3) is 0.900. The van der Waals surface area contributed by atoms with Crippen molar-refractivity contribution in [2.75, 3.05) is 0 Å². The maximum absolute atomic E-state index is 12.3. The van der Waals surface area contributed by atoms with Gasteiger partial charge in [0.05, 0.1) is 4.32 Å². The predicted molar refractivity (Wildman–Crippen MR) is 78.7 cm³/mol. The van der Waals surface area contributed by atoms with Crippen molar-refractivity contribution in [3.63, 3.8) is 0 Å². The Hall–Kier alpha value is 1.59. The summed E-state index contributed by atoms with van der Waals surface area (Å²) in [6.07, 6.45) is 2.76. The highest BCUT2D eigenvalue weighted by Crippen LogP contribution is 2.50. The molecule has 1 saturated carbocycles. The summed E-state index contributed by atoms with van der Waals surface area (Å²) >= 11 is 14.2. The maximum atomic E-state index is 12.3. The monoisotopic (exact) mass is 466 g/mol.